The van der Waals surface area contributed by atoms with Gasteiger partial charge in [-0.25, -0.2) is 13.2 Å². The van der Waals surface area contributed by atoms with E-state index in [-0.39, 0.29) is 43.9 Å². The van der Waals surface area contributed by atoms with Gasteiger partial charge in [0.2, 0.25) is 11.8 Å². The molecule has 1 atom stereocenters. The lowest BCUT2D eigenvalue weighted by Gasteiger charge is -2.41. The van der Waals surface area contributed by atoms with Gasteiger partial charge in [0.15, 0.2) is 11.6 Å². The summed E-state index contributed by atoms with van der Waals surface area (Å²) >= 11 is 0. The number of amides is 1. The number of rotatable bonds is 4. The molecule has 1 aliphatic carbocycles. The molecule has 0 radical (unpaired) electrons. The van der Waals surface area contributed by atoms with Gasteiger partial charge in [-0.05, 0) is 97.0 Å². The Morgan fingerprint density at radius 3 is 2.59 bits per heavy atom. The van der Waals surface area contributed by atoms with E-state index in [9.17, 15) is 23.5 Å². The molecule has 8 heteroatoms. The van der Waals surface area contributed by atoms with E-state index < -0.39 is 23.8 Å². The molecule has 0 saturated heterocycles. The summed E-state index contributed by atoms with van der Waals surface area (Å²) in [5.41, 5.74) is 6.57. The fraction of sp³-hybridized carbons (Fsp3) is 0.517. The molecule has 2 aromatic rings. The van der Waals surface area contributed by atoms with Gasteiger partial charge in [0, 0.05) is 31.0 Å². The van der Waals surface area contributed by atoms with Crippen LogP contribution in [0.2, 0.25) is 0 Å². The lowest BCUT2D eigenvalue weighted by molar-refractivity contribution is -0.139. The van der Waals surface area contributed by atoms with Gasteiger partial charge in [0.25, 0.3) is 0 Å². The van der Waals surface area contributed by atoms with Crippen LogP contribution in [0.5, 0.6) is 5.75 Å². The van der Waals surface area contributed by atoms with Crippen molar-refractivity contribution in [3.63, 3.8) is 0 Å². The molecule has 1 saturated carbocycles. The smallest absolute Gasteiger partial charge is 0.307 e. The van der Waals surface area contributed by atoms with Gasteiger partial charge >= 0.3 is 5.97 Å². The summed E-state index contributed by atoms with van der Waals surface area (Å²) in [7, 11) is 0. The number of carbonyl (C=O) groups is 2. The summed E-state index contributed by atoms with van der Waals surface area (Å²) in [6.07, 6.45) is 1.62. The molecule has 1 unspecified atom stereocenters. The van der Waals surface area contributed by atoms with Crippen molar-refractivity contribution in [2.45, 2.75) is 90.6 Å². The zero-order chi connectivity index (χ0) is 26.6. The van der Waals surface area contributed by atoms with Crippen molar-refractivity contribution in [1.82, 2.24) is 4.90 Å². The topological polar surface area (TPSA) is 66.8 Å². The van der Waals surface area contributed by atoms with E-state index in [0.29, 0.717) is 48.1 Å². The third kappa shape index (κ3) is 4.48. The van der Waals surface area contributed by atoms with Crippen molar-refractivity contribution in [2.75, 3.05) is 6.61 Å². The van der Waals surface area contributed by atoms with Crippen molar-refractivity contribution in [3.8, 4) is 16.9 Å². The number of carboxylic acid groups (broad SMARTS) is 1. The van der Waals surface area contributed by atoms with E-state index >= 15 is 4.39 Å². The van der Waals surface area contributed by atoms with Crippen molar-refractivity contribution in [2.24, 2.45) is 0 Å². The Labute approximate surface area is 214 Å². The Bertz CT molecular complexity index is 1300. The number of nitrogens with zero attached hydrogens (tertiary/aromatic N) is 1. The quantitative estimate of drug-likeness (QED) is 0.556. The summed E-state index contributed by atoms with van der Waals surface area (Å²) in [5.74, 6) is -4.23. The summed E-state index contributed by atoms with van der Waals surface area (Å²) in [4.78, 5) is 26.7. The van der Waals surface area contributed by atoms with Crippen molar-refractivity contribution in [1.29, 1.82) is 0 Å². The largest absolute Gasteiger partial charge is 0.490 e. The third-order valence-corrected chi connectivity index (χ3v) is 8.46. The van der Waals surface area contributed by atoms with Gasteiger partial charge < -0.3 is 14.7 Å². The number of halogens is 3. The van der Waals surface area contributed by atoms with E-state index in [2.05, 4.69) is 0 Å². The molecule has 37 heavy (non-hydrogen) atoms. The number of benzene rings is 2. The first-order valence-corrected chi connectivity index (χ1v) is 13.0. The maximum atomic E-state index is 15.2. The molecule has 0 bridgehead atoms. The first-order chi connectivity index (χ1) is 17.5. The molecular formula is C29H32F3NO4. The summed E-state index contributed by atoms with van der Waals surface area (Å²) in [5, 5.41) is 9.75. The molecule has 2 heterocycles. The molecule has 5 nitrogen and oxygen atoms in total. The molecular weight excluding hydrogens is 483 g/mol. The van der Waals surface area contributed by atoms with Crippen molar-refractivity contribution < 1.29 is 32.6 Å². The van der Waals surface area contributed by atoms with Gasteiger partial charge in [-0.1, -0.05) is 0 Å². The maximum Gasteiger partial charge on any atom is 0.307 e. The summed E-state index contributed by atoms with van der Waals surface area (Å²) in [6.45, 7) is 6.23. The summed E-state index contributed by atoms with van der Waals surface area (Å²) < 4.78 is 49.3. The van der Waals surface area contributed by atoms with Crippen LogP contribution in [0.25, 0.3) is 11.1 Å². The Kier molecular flexibility index (Phi) is 6.49. The second-order valence-electron chi connectivity index (χ2n) is 10.7. The Morgan fingerprint density at radius 1 is 1.14 bits per heavy atom. The number of aliphatic carboxylic acids is 1. The van der Waals surface area contributed by atoms with E-state index in [0.717, 1.165) is 34.2 Å². The van der Waals surface area contributed by atoms with E-state index in [1.165, 1.54) is 6.07 Å². The van der Waals surface area contributed by atoms with Crippen LogP contribution in [0, 0.1) is 26.6 Å². The van der Waals surface area contributed by atoms with Crippen molar-refractivity contribution in [3.05, 3.63) is 50.8 Å². The Morgan fingerprint density at radius 2 is 1.89 bits per heavy atom. The number of hydrogen-bond acceptors (Lipinski definition) is 3. The lowest BCUT2D eigenvalue weighted by Crippen LogP contribution is -2.48. The highest BCUT2D eigenvalue weighted by Crippen LogP contribution is 2.44. The van der Waals surface area contributed by atoms with E-state index in [1.54, 1.807) is 4.90 Å². The maximum absolute atomic E-state index is 15.2. The minimum Gasteiger partial charge on any atom is -0.490 e. The molecule has 0 spiro atoms. The van der Waals surface area contributed by atoms with Crippen LogP contribution in [-0.4, -0.2) is 40.5 Å². The molecule has 1 fully saturated rings. The van der Waals surface area contributed by atoms with Crippen molar-refractivity contribution >= 4 is 11.9 Å². The van der Waals surface area contributed by atoms with Crippen LogP contribution in [-0.2, 0) is 35.4 Å². The van der Waals surface area contributed by atoms with Crippen LogP contribution in [0.1, 0.15) is 71.0 Å². The standard InChI is InChI=1S/C29H32F3NO4/c1-15-19-7-5-9-37-28(19)24(30)10-21(15)27-17(3)23-14-33(18-6-4-8-29(31,32)13-18)25(34)11-20(23)16(2)22(27)12-26(35)36/h10,18H,4-9,11-14H2,1-3H3,(H,35,36). The molecule has 1 N–H and O–H groups in total. The zero-order valence-corrected chi connectivity index (χ0v) is 21.5. The van der Waals surface area contributed by atoms with E-state index in [1.807, 2.05) is 20.8 Å². The first kappa shape index (κ1) is 25.6. The summed E-state index contributed by atoms with van der Waals surface area (Å²) in [6, 6.07) is 0.887. The van der Waals surface area contributed by atoms with Gasteiger partial charge in [-0.15, -0.1) is 0 Å². The molecule has 198 valence electrons. The molecule has 2 aromatic carbocycles. The SMILES string of the molecule is Cc1c(-c2c(C)c3c(c(C)c2CC(=O)O)CC(=O)N(C2CCCC(F)(F)C2)C3)cc(F)c2c1CCCO2. The number of carbonyl (C=O) groups excluding carboxylic acids is 1. The van der Waals surface area contributed by atoms with Gasteiger partial charge in [0.05, 0.1) is 19.4 Å². The molecule has 0 aromatic heterocycles. The molecule has 5 rings (SSSR count). The number of carboxylic acids is 1. The minimum absolute atomic E-state index is 0.0440. The third-order valence-electron chi connectivity index (χ3n) is 8.46. The number of fused-ring (bicyclic) bond motifs is 2. The number of ether oxygens (including phenoxy) is 1. The second-order valence-corrected chi connectivity index (χ2v) is 10.7. The highest BCUT2D eigenvalue weighted by molar-refractivity contribution is 5.87. The fourth-order valence-electron chi connectivity index (χ4n) is 6.56. The van der Waals surface area contributed by atoms with Crippen LogP contribution >= 0.6 is 0 Å². The molecule has 3 aliphatic rings. The van der Waals surface area contributed by atoms with Crippen LogP contribution in [0.15, 0.2) is 6.07 Å². The van der Waals surface area contributed by atoms with E-state index in [4.69, 9.17) is 4.74 Å². The first-order valence-electron chi connectivity index (χ1n) is 13.0. The Hall–Kier alpha value is -3.03. The zero-order valence-electron chi connectivity index (χ0n) is 21.5. The number of hydrogen-bond donors (Lipinski definition) is 1. The number of alkyl halides is 2. The van der Waals surface area contributed by atoms with Crippen LogP contribution in [0.4, 0.5) is 13.2 Å². The average molecular weight is 516 g/mol. The molecule has 1 amide bonds. The van der Waals surface area contributed by atoms with Gasteiger partial charge in [-0.2, -0.15) is 0 Å². The monoisotopic (exact) mass is 515 g/mol. The predicted molar refractivity (Wildman–Crippen MR) is 133 cm³/mol. The average Bonchev–Trinajstić information content (AvgIpc) is 2.84. The van der Waals surface area contributed by atoms with Crippen LogP contribution < -0.4 is 4.74 Å². The normalized spacial score (nSPS) is 20.8. The predicted octanol–water partition coefficient (Wildman–Crippen LogP) is 5.83. The highest BCUT2D eigenvalue weighted by Gasteiger charge is 2.42. The lowest BCUT2D eigenvalue weighted by atomic mass is 9.78. The Balaban J connectivity index is 1.68. The van der Waals surface area contributed by atoms with Gasteiger partial charge in [-0.3, -0.25) is 9.59 Å². The molecule has 2 aliphatic heterocycles. The van der Waals surface area contributed by atoms with Gasteiger partial charge in [0.1, 0.15) is 0 Å². The fourth-order valence-corrected chi connectivity index (χ4v) is 6.56. The minimum atomic E-state index is -2.79. The highest BCUT2D eigenvalue weighted by atomic mass is 19.3. The second kappa shape index (κ2) is 9.37. The van der Waals surface area contributed by atoms with Crippen LogP contribution in [0.3, 0.4) is 0 Å².